The fourth-order valence-electron chi connectivity index (χ4n) is 2.47. The van der Waals surface area contributed by atoms with E-state index >= 15 is 0 Å². The summed E-state index contributed by atoms with van der Waals surface area (Å²) in [7, 11) is 0. The van der Waals surface area contributed by atoms with E-state index in [0.29, 0.717) is 17.1 Å². The molecule has 0 spiro atoms. The number of nitriles is 1. The van der Waals surface area contributed by atoms with Crippen LogP contribution in [0.25, 0.3) is 0 Å². The van der Waals surface area contributed by atoms with Crippen LogP contribution >= 0.6 is 0 Å². The molecule has 2 aromatic carbocycles. The Hall–Kier alpha value is -4.06. The van der Waals surface area contributed by atoms with E-state index < -0.39 is 30.6 Å². The summed E-state index contributed by atoms with van der Waals surface area (Å²) >= 11 is 0. The molecule has 1 atom stereocenters. The predicted octanol–water partition coefficient (Wildman–Crippen LogP) is 1.38. The number of esters is 1. The highest BCUT2D eigenvalue weighted by Gasteiger charge is 2.21. The second-order valence-electron chi connectivity index (χ2n) is 6.02. The lowest BCUT2D eigenvalue weighted by molar-refractivity contribution is -0.123. The van der Waals surface area contributed by atoms with Crippen LogP contribution < -0.4 is 20.1 Å². The zero-order chi connectivity index (χ0) is 20.6. The molecule has 29 heavy (non-hydrogen) atoms. The van der Waals surface area contributed by atoms with Crippen molar-refractivity contribution >= 4 is 17.9 Å². The summed E-state index contributed by atoms with van der Waals surface area (Å²) in [4.78, 5) is 35.4. The van der Waals surface area contributed by atoms with Gasteiger partial charge in [-0.1, -0.05) is 12.1 Å². The van der Waals surface area contributed by atoms with Gasteiger partial charge in [0.05, 0.1) is 23.7 Å². The van der Waals surface area contributed by atoms with Crippen molar-refractivity contribution in [3.05, 3.63) is 59.7 Å². The van der Waals surface area contributed by atoms with Crippen molar-refractivity contribution in [1.29, 1.82) is 5.26 Å². The predicted molar refractivity (Wildman–Crippen MR) is 99.3 cm³/mol. The Morgan fingerprint density at radius 2 is 1.83 bits per heavy atom. The molecule has 1 heterocycles. The van der Waals surface area contributed by atoms with E-state index in [1.807, 2.05) is 18.2 Å². The van der Waals surface area contributed by atoms with Crippen molar-refractivity contribution < 1.29 is 28.6 Å². The number of amides is 3. The lowest BCUT2D eigenvalue weighted by Gasteiger charge is -2.26. The number of benzene rings is 2. The van der Waals surface area contributed by atoms with Crippen LogP contribution in [0, 0.1) is 11.3 Å². The number of urea groups is 1. The first-order chi connectivity index (χ1) is 14.0. The number of carbonyl (C=O) groups excluding carboxylic acids is 3. The molecule has 148 valence electrons. The van der Waals surface area contributed by atoms with Crippen LogP contribution in [-0.4, -0.2) is 43.8 Å². The number of imide groups is 1. The number of hydrogen-bond donors (Lipinski definition) is 2. The first-order valence-corrected chi connectivity index (χ1v) is 8.68. The number of nitrogens with zero attached hydrogens (tertiary/aromatic N) is 1. The molecule has 9 nitrogen and oxygen atoms in total. The monoisotopic (exact) mass is 395 g/mol. The van der Waals surface area contributed by atoms with E-state index in [4.69, 9.17) is 19.5 Å². The van der Waals surface area contributed by atoms with Crippen molar-refractivity contribution in [1.82, 2.24) is 10.6 Å². The van der Waals surface area contributed by atoms with E-state index in [1.165, 1.54) is 24.3 Å². The number of ether oxygens (including phenoxy) is 3. The number of fused-ring (bicyclic) bond motifs is 1. The summed E-state index contributed by atoms with van der Waals surface area (Å²) < 4.78 is 16.1. The SMILES string of the molecule is N#Cc1ccc(C(=O)OCC(=O)NC(=O)NCC2COc3ccccc3O2)cc1. The van der Waals surface area contributed by atoms with Gasteiger partial charge in [-0.25, -0.2) is 9.59 Å². The minimum Gasteiger partial charge on any atom is -0.486 e. The molecule has 0 saturated heterocycles. The maximum atomic E-state index is 11.9. The van der Waals surface area contributed by atoms with E-state index in [0.717, 1.165) is 0 Å². The van der Waals surface area contributed by atoms with Crippen LogP contribution in [0.4, 0.5) is 4.79 Å². The molecule has 0 bridgehead atoms. The molecule has 1 aliphatic rings. The second-order valence-corrected chi connectivity index (χ2v) is 6.02. The molecular formula is C20H17N3O6. The Labute approximate surface area is 166 Å². The first-order valence-electron chi connectivity index (χ1n) is 8.68. The summed E-state index contributed by atoms with van der Waals surface area (Å²) in [6.45, 7) is -0.241. The Kier molecular flexibility index (Phi) is 6.27. The zero-order valence-corrected chi connectivity index (χ0v) is 15.2. The Bertz CT molecular complexity index is 951. The van der Waals surface area contributed by atoms with E-state index in [2.05, 4.69) is 10.6 Å². The van der Waals surface area contributed by atoms with Crippen molar-refractivity contribution in [3.8, 4) is 17.6 Å². The van der Waals surface area contributed by atoms with Gasteiger partial charge in [0.2, 0.25) is 0 Å². The summed E-state index contributed by atoms with van der Waals surface area (Å²) in [5.41, 5.74) is 0.586. The number of nitrogens with one attached hydrogen (secondary N) is 2. The molecule has 0 saturated carbocycles. The van der Waals surface area contributed by atoms with Gasteiger partial charge in [-0.3, -0.25) is 10.1 Å². The van der Waals surface area contributed by atoms with Gasteiger partial charge in [-0.15, -0.1) is 0 Å². The quantitative estimate of drug-likeness (QED) is 0.732. The minimum absolute atomic E-state index is 0.123. The van der Waals surface area contributed by atoms with E-state index in [-0.39, 0.29) is 18.7 Å². The van der Waals surface area contributed by atoms with Crippen LogP contribution in [0.1, 0.15) is 15.9 Å². The molecule has 3 amide bonds. The smallest absolute Gasteiger partial charge is 0.338 e. The third kappa shape index (κ3) is 5.46. The molecule has 2 N–H and O–H groups in total. The molecule has 9 heteroatoms. The van der Waals surface area contributed by atoms with Gasteiger partial charge in [-0.2, -0.15) is 5.26 Å². The minimum atomic E-state index is -0.782. The summed E-state index contributed by atoms with van der Waals surface area (Å²) in [6.07, 6.45) is -0.403. The molecule has 0 aliphatic carbocycles. The summed E-state index contributed by atoms with van der Waals surface area (Å²) in [5, 5.41) is 13.3. The molecule has 2 aromatic rings. The molecule has 0 radical (unpaired) electrons. The normalized spacial score (nSPS) is 14.2. The number of hydrogen-bond acceptors (Lipinski definition) is 7. The largest absolute Gasteiger partial charge is 0.486 e. The summed E-state index contributed by atoms with van der Waals surface area (Å²) in [6, 6.07) is 14.1. The van der Waals surface area contributed by atoms with Gasteiger partial charge in [0.1, 0.15) is 6.61 Å². The molecular weight excluding hydrogens is 378 g/mol. The standard InChI is InChI=1S/C20H17N3O6/c21-9-13-5-7-14(8-6-13)19(25)28-12-18(24)23-20(26)22-10-15-11-27-16-3-1-2-4-17(16)29-15/h1-8,15H,10-12H2,(H2,22,23,24,26). The fourth-order valence-corrected chi connectivity index (χ4v) is 2.47. The Balaban J connectivity index is 1.37. The van der Waals surface area contributed by atoms with Crippen molar-refractivity contribution in [2.75, 3.05) is 19.8 Å². The maximum absolute atomic E-state index is 11.9. The average Bonchev–Trinajstić information content (AvgIpc) is 2.76. The van der Waals surface area contributed by atoms with Gasteiger partial charge in [-0.05, 0) is 36.4 Å². The fraction of sp³-hybridized carbons (Fsp3) is 0.200. The molecule has 1 aliphatic heterocycles. The third-order valence-corrected chi connectivity index (χ3v) is 3.89. The summed E-state index contributed by atoms with van der Waals surface area (Å²) in [5.74, 6) is -0.309. The van der Waals surface area contributed by atoms with Crippen molar-refractivity contribution in [2.24, 2.45) is 0 Å². The van der Waals surface area contributed by atoms with Crippen molar-refractivity contribution in [2.45, 2.75) is 6.10 Å². The van der Waals surface area contributed by atoms with E-state index in [9.17, 15) is 14.4 Å². The van der Waals surface area contributed by atoms with Crippen LogP contribution in [-0.2, 0) is 9.53 Å². The third-order valence-electron chi connectivity index (χ3n) is 3.89. The Morgan fingerprint density at radius 1 is 1.10 bits per heavy atom. The van der Waals surface area contributed by atoms with Gasteiger partial charge in [0.15, 0.2) is 24.2 Å². The lowest BCUT2D eigenvalue weighted by Crippen LogP contribution is -2.46. The first kappa shape index (κ1) is 19.7. The highest BCUT2D eigenvalue weighted by atomic mass is 16.6. The van der Waals surface area contributed by atoms with Crippen LogP contribution in [0.5, 0.6) is 11.5 Å². The number of carbonyl (C=O) groups is 3. The Morgan fingerprint density at radius 3 is 2.55 bits per heavy atom. The number of rotatable bonds is 5. The van der Waals surface area contributed by atoms with Crippen molar-refractivity contribution in [3.63, 3.8) is 0 Å². The van der Waals surface area contributed by atoms with Crippen LogP contribution in [0.2, 0.25) is 0 Å². The highest BCUT2D eigenvalue weighted by molar-refractivity contribution is 5.97. The molecule has 0 fully saturated rings. The van der Waals surface area contributed by atoms with Gasteiger partial charge in [0, 0.05) is 0 Å². The van der Waals surface area contributed by atoms with Crippen LogP contribution in [0.15, 0.2) is 48.5 Å². The number of para-hydroxylation sites is 2. The highest BCUT2D eigenvalue weighted by Crippen LogP contribution is 2.30. The topological polar surface area (TPSA) is 127 Å². The molecule has 1 unspecified atom stereocenters. The van der Waals surface area contributed by atoms with Gasteiger partial charge < -0.3 is 19.5 Å². The maximum Gasteiger partial charge on any atom is 0.338 e. The van der Waals surface area contributed by atoms with E-state index in [1.54, 1.807) is 12.1 Å². The van der Waals surface area contributed by atoms with Gasteiger partial charge >= 0.3 is 12.0 Å². The average molecular weight is 395 g/mol. The van der Waals surface area contributed by atoms with Gasteiger partial charge in [0.25, 0.3) is 5.91 Å². The zero-order valence-electron chi connectivity index (χ0n) is 15.2. The van der Waals surface area contributed by atoms with Crippen LogP contribution in [0.3, 0.4) is 0 Å². The second kappa shape index (κ2) is 9.23. The lowest BCUT2D eigenvalue weighted by atomic mass is 10.1. The molecule has 3 rings (SSSR count). The molecule has 0 aromatic heterocycles.